The van der Waals surface area contributed by atoms with Gasteiger partial charge in [-0.15, -0.1) is 0 Å². The van der Waals surface area contributed by atoms with E-state index in [1.54, 1.807) is 4.90 Å². The molecule has 1 amide bonds. The van der Waals surface area contributed by atoms with Crippen LogP contribution in [0.2, 0.25) is 0 Å². The van der Waals surface area contributed by atoms with E-state index in [0.29, 0.717) is 18.1 Å². The van der Waals surface area contributed by atoms with Crippen molar-refractivity contribution in [1.82, 2.24) is 9.88 Å². The second-order valence-electron chi connectivity index (χ2n) is 4.04. The first-order chi connectivity index (χ1) is 8.45. The molecule has 0 spiro atoms. The van der Waals surface area contributed by atoms with Gasteiger partial charge in [-0.05, 0) is 13.0 Å². The summed E-state index contributed by atoms with van der Waals surface area (Å²) in [7, 11) is 0. The second-order valence-corrected chi connectivity index (χ2v) is 4.51. The summed E-state index contributed by atoms with van der Waals surface area (Å²) in [6.45, 7) is 4.61. The molecule has 1 unspecified atom stereocenters. The Balaban J connectivity index is 2.82. The molecule has 0 aliphatic heterocycles. The fourth-order valence-electron chi connectivity index (χ4n) is 1.49. The van der Waals surface area contributed by atoms with E-state index in [2.05, 4.69) is 4.98 Å². The van der Waals surface area contributed by atoms with Crippen molar-refractivity contribution >= 4 is 23.1 Å². The van der Waals surface area contributed by atoms with Gasteiger partial charge in [-0.25, -0.2) is 4.39 Å². The summed E-state index contributed by atoms with van der Waals surface area (Å²) < 4.78 is 13.0. The minimum Gasteiger partial charge on any atom is -0.393 e. The Morgan fingerprint density at radius 2 is 2.28 bits per heavy atom. The van der Waals surface area contributed by atoms with Crippen LogP contribution in [0.25, 0.3) is 0 Å². The summed E-state index contributed by atoms with van der Waals surface area (Å²) in [6, 6.07) is 1.17. The van der Waals surface area contributed by atoms with Crippen molar-refractivity contribution < 1.29 is 9.18 Å². The normalized spacial score (nSPS) is 11.9. The maximum Gasteiger partial charge on any atom is 0.255 e. The fraction of sp³-hybridized carbons (Fsp3) is 0.417. The van der Waals surface area contributed by atoms with Gasteiger partial charge in [0, 0.05) is 25.2 Å². The molecule has 0 bridgehead atoms. The van der Waals surface area contributed by atoms with Gasteiger partial charge in [-0.1, -0.05) is 19.1 Å². The molecule has 4 nitrogen and oxygen atoms in total. The van der Waals surface area contributed by atoms with Gasteiger partial charge in [-0.2, -0.15) is 0 Å². The van der Waals surface area contributed by atoms with E-state index in [-0.39, 0.29) is 17.4 Å². The van der Waals surface area contributed by atoms with Crippen molar-refractivity contribution in [2.45, 2.75) is 13.8 Å². The minimum absolute atomic E-state index is 0.0783. The molecule has 0 saturated carbocycles. The third kappa shape index (κ3) is 3.73. The molecule has 0 aromatic carbocycles. The molecular formula is C12H16FN3OS. The van der Waals surface area contributed by atoms with Crippen molar-refractivity contribution in [3.05, 3.63) is 29.8 Å². The number of rotatable bonds is 5. The van der Waals surface area contributed by atoms with Gasteiger partial charge in [0.05, 0.1) is 16.7 Å². The lowest BCUT2D eigenvalue weighted by molar-refractivity contribution is 0.0754. The summed E-state index contributed by atoms with van der Waals surface area (Å²) in [5, 5.41) is 0. The molecule has 0 saturated heterocycles. The van der Waals surface area contributed by atoms with Crippen LogP contribution in [-0.4, -0.2) is 33.9 Å². The molecule has 98 valence electrons. The Hall–Kier alpha value is -1.56. The highest BCUT2D eigenvalue weighted by molar-refractivity contribution is 7.80. The lowest BCUT2D eigenvalue weighted by Crippen LogP contribution is -2.38. The summed E-state index contributed by atoms with van der Waals surface area (Å²) in [5.74, 6) is -0.877. The average Bonchev–Trinajstić information content (AvgIpc) is 2.34. The predicted molar refractivity (Wildman–Crippen MR) is 71.7 cm³/mol. The number of carbonyl (C=O) groups is 1. The number of amides is 1. The van der Waals surface area contributed by atoms with Gasteiger partial charge in [0.25, 0.3) is 5.91 Å². The van der Waals surface area contributed by atoms with Gasteiger partial charge in [0.1, 0.15) is 5.82 Å². The lowest BCUT2D eigenvalue weighted by atomic mass is 10.1. The number of nitrogens with zero attached hydrogens (tertiary/aromatic N) is 2. The van der Waals surface area contributed by atoms with Gasteiger partial charge in [0.15, 0.2) is 0 Å². The number of thiocarbonyl (C=S) groups is 1. The van der Waals surface area contributed by atoms with E-state index in [9.17, 15) is 9.18 Å². The minimum atomic E-state index is -0.528. The molecule has 0 fully saturated rings. The molecule has 1 heterocycles. The number of pyridine rings is 1. The zero-order chi connectivity index (χ0) is 13.7. The Morgan fingerprint density at radius 1 is 1.61 bits per heavy atom. The van der Waals surface area contributed by atoms with Crippen molar-refractivity contribution in [2.24, 2.45) is 11.7 Å². The predicted octanol–water partition coefficient (Wildman–Crippen LogP) is 1.61. The van der Waals surface area contributed by atoms with Crippen LogP contribution in [0.3, 0.4) is 0 Å². The van der Waals surface area contributed by atoms with Crippen LogP contribution in [0.5, 0.6) is 0 Å². The first-order valence-electron chi connectivity index (χ1n) is 5.64. The van der Waals surface area contributed by atoms with Crippen LogP contribution in [0.15, 0.2) is 18.5 Å². The molecule has 0 aliphatic rings. The quantitative estimate of drug-likeness (QED) is 0.825. The topological polar surface area (TPSA) is 59.2 Å². The molecular weight excluding hydrogens is 253 g/mol. The standard InChI is InChI=1S/C12H16FN3OS/c1-3-16(7-8(2)11(14)18)12(17)9-4-10(13)6-15-5-9/h4-6,8H,3,7H2,1-2H3,(H2,14,18). The molecule has 6 heteroatoms. The molecule has 1 rings (SSSR count). The fourth-order valence-corrected chi connectivity index (χ4v) is 1.56. The van der Waals surface area contributed by atoms with Crippen LogP contribution >= 0.6 is 12.2 Å². The first kappa shape index (κ1) is 14.5. The van der Waals surface area contributed by atoms with Crippen molar-refractivity contribution in [3.8, 4) is 0 Å². The zero-order valence-corrected chi connectivity index (χ0v) is 11.2. The van der Waals surface area contributed by atoms with E-state index in [1.165, 1.54) is 12.3 Å². The number of hydrogen-bond acceptors (Lipinski definition) is 3. The van der Waals surface area contributed by atoms with E-state index < -0.39 is 5.82 Å². The van der Waals surface area contributed by atoms with Crippen molar-refractivity contribution in [1.29, 1.82) is 0 Å². The van der Waals surface area contributed by atoms with E-state index in [0.717, 1.165) is 6.20 Å². The van der Waals surface area contributed by atoms with Crippen LogP contribution in [0.1, 0.15) is 24.2 Å². The molecule has 1 aromatic heterocycles. The Bertz CT molecular complexity index is 453. The van der Waals surface area contributed by atoms with E-state index >= 15 is 0 Å². The Labute approximate surface area is 111 Å². The van der Waals surface area contributed by atoms with Gasteiger partial charge >= 0.3 is 0 Å². The number of aromatic nitrogens is 1. The highest BCUT2D eigenvalue weighted by Gasteiger charge is 2.18. The number of nitrogens with two attached hydrogens (primary N) is 1. The van der Waals surface area contributed by atoms with Crippen LogP contribution in [0.4, 0.5) is 4.39 Å². The molecule has 18 heavy (non-hydrogen) atoms. The van der Waals surface area contributed by atoms with Gasteiger partial charge in [-0.3, -0.25) is 9.78 Å². The summed E-state index contributed by atoms with van der Waals surface area (Å²) in [5.41, 5.74) is 5.75. The molecule has 0 radical (unpaired) electrons. The summed E-state index contributed by atoms with van der Waals surface area (Å²) >= 11 is 4.88. The zero-order valence-electron chi connectivity index (χ0n) is 10.4. The van der Waals surface area contributed by atoms with Crippen molar-refractivity contribution in [3.63, 3.8) is 0 Å². The maximum absolute atomic E-state index is 13.0. The highest BCUT2D eigenvalue weighted by Crippen LogP contribution is 2.08. The Morgan fingerprint density at radius 3 is 2.78 bits per heavy atom. The van der Waals surface area contributed by atoms with E-state index in [1.807, 2.05) is 13.8 Å². The van der Waals surface area contributed by atoms with Gasteiger partial charge in [0.2, 0.25) is 0 Å². The summed E-state index contributed by atoms with van der Waals surface area (Å²) in [6.07, 6.45) is 2.41. The number of halogens is 1. The highest BCUT2D eigenvalue weighted by atomic mass is 32.1. The largest absolute Gasteiger partial charge is 0.393 e. The monoisotopic (exact) mass is 269 g/mol. The number of hydrogen-bond donors (Lipinski definition) is 1. The molecule has 1 aromatic rings. The smallest absolute Gasteiger partial charge is 0.255 e. The molecule has 2 N–H and O–H groups in total. The third-order valence-electron chi connectivity index (χ3n) is 2.60. The van der Waals surface area contributed by atoms with Crippen LogP contribution in [0, 0.1) is 11.7 Å². The average molecular weight is 269 g/mol. The molecule has 0 aliphatic carbocycles. The second kappa shape index (κ2) is 6.39. The lowest BCUT2D eigenvalue weighted by Gasteiger charge is -2.24. The maximum atomic E-state index is 13.0. The van der Waals surface area contributed by atoms with Crippen LogP contribution in [-0.2, 0) is 0 Å². The van der Waals surface area contributed by atoms with Crippen molar-refractivity contribution in [2.75, 3.05) is 13.1 Å². The summed E-state index contributed by atoms with van der Waals surface area (Å²) in [4.78, 5) is 17.7. The van der Waals surface area contributed by atoms with Crippen LogP contribution < -0.4 is 5.73 Å². The van der Waals surface area contributed by atoms with Gasteiger partial charge < -0.3 is 10.6 Å². The third-order valence-corrected chi connectivity index (χ3v) is 3.00. The van der Waals surface area contributed by atoms with E-state index in [4.69, 9.17) is 18.0 Å². The first-order valence-corrected chi connectivity index (χ1v) is 6.05. The SMILES string of the molecule is CCN(CC(C)C(N)=S)C(=O)c1cncc(F)c1. The number of carbonyl (C=O) groups excluding carboxylic acids is 1. The Kier molecular flexibility index (Phi) is 5.15. The molecule has 1 atom stereocenters.